The first-order valence-corrected chi connectivity index (χ1v) is 6.46. The van der Waals surface area contributed by atoms with Crippen molar-refractivity contribution in [3.05, 3.63) is 0 Å². The molecule has 1 aliphatic rings. The first-order valence-electron chi connectivity index (χ1n) is 6.46. The van der Waals surface area contributed by atoms with Gasteiger partial charge in [0.2, 0.25) is 0 Å². The summed E-state index contributed by atoms with van der Waals surface area (Å²) in [7, 11) is 0. The van der Waals surface area contributed by atoms with Crippen molar-refractivity contribution in [3.63, 3.8) is 0 Å². The fourth-order valence-electron chi connectivity index (χ4n) is 2.25. The number of unbranched alkanes of at least 4 members (excludes halogenated alkanes) is 3. The lowest BCUT2D eigenvalue weighted by molar-refractivity contribution is -0.00977. The molecule has 3 nitrogen and oxygen atoms in total. The molecule has 2 atom stereocenters. The molecule has 0 spiro atoms. The molecular formula is C12H26N2O. The summed E-state index contributed by atoms with van der Waals surface area (Å²) < 4.78 is 5.75. The smallest absolute Gasteiger partial charge is 0.0741 e. The maximum atomic E-state index is 5.75. The second-order valence-corrected chi connectivity index (χ2v) is 4.53. The van der Waals surface area contributed by atoms with Gasteiger partial charge in [-0.2, -0.15) is 0 Å². The molecule has 90 valence electrons. The molecule has 0 aliphatic carbocycles. The van der Waals surface area contributed by atoms with Gasteiger partial charge >= 0.3 is 0 Å². The zero-order valence-electron chi connectivity index (χ0n) is 10.0. The Bertz CT molecular complexity index is 147. The molecule has 15 heavy (non-hydrogen) atoms. The van der Waals surface area contributed by atoms with E-state index >= 15 is 0 Å². The molecule has 1 aliphatic heterocycles. The number of hydrogen-bond acceptors (Lipinski definition) is 3. The van der Waals surface area contributed by atoms with Crippen LogP contribution in [-0.4, -0.2) is 18.8 Å². The Labute approximate surface area is 93.7 Å². The topological polar surface area (TPSA) is 47.3 Å². The van der Waals surface area contributed by atoms with Crippen LogP contribution >= 0.6 is 0 Å². The summed E-state index contributed by atoms with van der Waals surface area (Å²) in [6.07, 6.45) is 10.4. The quantitative estimate of drug-likeness (QED) is 0.388. The largest absolute Gasteiger partial charge is 0.377 e. The Balaban J connectivity index is 2.15. The van der Waals surface area contributed by atoms with E-state index in [0.29, 0.717) is 12.1 Å². The van der Waals surface area contributed by atoms with E-state index in [-0.39, 0.29) is 0 Å². The molecule has 3 N–H and O–H groups in total. The number of hydrogen-bond donors (Lipinski definition) is 2. The third-order valence-electron chi connectivity index (χ3n) is 3.25. The Morgan fingerprint density at radius 3 is 2.80 bits per heavy atom. The highest BCUT2D eigenvalue weighted by Gasteiger charge is 2.22. The van der Waals surface area contributed by atoms with Crippen LogP contribution in [0.3, 0.4) is 0 Å². The van der Waals surface area contributed by atoms with Gasteiger partial charge in [-0.3, -0.25) is 11.3 Å². The van der Waals surface area contributed by atoms with Gasteiger partial charge in [0.05, 0.1) is 6.10 Å². The Morgan fingerprint density at radius 1 is 1.33 bits per heavy atom. The summed E-state index contributed by atoms with van der Waals surface area (Å²) in [6.45, 7) is 3.15. The molecule has 1 fully saturated rings. The van der Waals surface area contributed by atoms with Gasteiger partial charge in [0.15, 0.2) is 0 Å². The SMILES string of the molecule is CCCCCCC(NN)C1CCCCO1. The molecular weight excluding hydrogens is 188 g/mol. The fraction of sp³-hybridized carbons (Fsp3) is 1.00. The predicted molar refractivity (Wildman–Crippen MR) is 63.5 cm³/mol. The molecule has 0 amide bonds. The Morgan fingerprint density at radius 2 is 2.20 bits per heavy atom. The van der Waals surface area contributed by atoms with E-state index in [9.17, 15) is 0 Å². The maximum Gasteiger partial charge on any atom is 0.0741 e. The lowest BCUT2D eigenvalue weighted by Gasteiger charge is -2.30. The van der Waals surface area contributed by atoms with Crippen LogP contribution in [-0.2, 0) is 4.74 Å². The van der Waals surface area contributed by atoms with Gasteiger partial charge in [-0.1, -0.05) is 32.6 Å². The average Bonchev–Trinajstić information content (AvgIpc) is 2.30. The van der Waals surface area contributed by atoms with E-state index < -0.39 is 0 Å². The molecule has 0 saturated carbocycles. The standard InChI is InChI=1S/C12H26N2O/c1-2-3-4-5-8-11(14-13)12-9-6-7-10-15-12/h11-12,14H,2-10,13H2,1H3. The van der Waals surface area contributed by atoms with Crippen molar-refractivity contribution in [1.29, 1.82) is 0 Å². The summed E-state index contributed by atoms with van der Waals surface area (Å²) >= 11 is 0. The Hall–Kier alpha value is -0.120. The number of rotatable bonds is 7. The van der Waals surface area contributed by atoms with Gasteiger partial charge in [0, 0.05) is 12.6 Å². The monoisotopic (exact) mass is 214 g/mol. The van der Waals surface area contributed by atoms with Crippen molar-refractivity contribution in [1.82, 2.24) is 5.43 Å². The first kappa shape index (κ1) is 12.9. The van der Waals surface area contributed by atoms with E-state index in [1.54, 1.807) is 0 Å². The van der Waals surface area contributed by atoms with Crippen molar-refractivity contribution in [2.45, 2.75) is 70.4 Å². The van der Waals surface area contributed by atoms with Gasteiger partial charge in [0.1, 0.15) is 0 Å². The van der Waals surface area contributed by atoms with Gasteiger partial charge in [-0.25, -0.2) is 0 Å². The second kappa shape index (κ2) is 8.08. The molecule has 1 saturated heterocycles. The zero-order chi connectivity index (χ0) is 10.9. The van der Waals surface area contributed by atoms with Crippen molar-refractivity contribution < 1.29 is 4.74 Å². The fourth-order valence-corrected chi connectivity index (χ4v) is 2.25. The molecule has 0 aromatic carbocycles. The molecule has 1 heterocycles. The minimum atomic E-state index is 0.352. The van der Waals surface area contributed by atoms with Crippen molar-refractivity contribution in [3.8, 4) is 0 Å². The van der Waals surface area contributed by atoms with Gasteiger partial charge in [0.25, 0.3) is 0 Å². The lowest BCUT2D eigenvalue weighted by atomic mass is 9.97. The highest BCUT2D eigenvalue weighted by Crippen LogP contribution is 2.19. The highest BCUT2D eigenvalue weighted by molar-refractivity contribution is 4.77. The van der Waals surface area contributed by atoms with Crippen LogP contribution < -0.4 is 11.3 Å². The summed E-state index contributed by atoms with van der Waals surface area (Å²) in [5.41, 5.74) is 2.92. The van der Waals surface area contributed by atoms with Crippen LogP contribution in [0.15, 0.2) is 0 Å². The number of nitrogens with one attached hydrogen (secondary N) is 1. The number of ether oxygens (including phenoxy) is 1. The molecule has 0 aromatic rings. The van der Waals surface area contributed by atoms with Crippen LogP contribution in [0.25, 0.3) is 0 Å². The first-order chi connectivity index (χ1) is 7.38. The summed E-state index contributed by atoms with van der Waals surface area (Å²) in [6, 6.07) is 0.363. The van der Waals surface area contributed by atoms with Crippen molar-refractivity contribution in [2.24, 2.45) is 5.84 Å². The summed E-state index contributed by atoms with van der Waals surface area (Å²) in [5, 5.41) is 0. The third kappa shape index (κ3) is 4.96. The van der Waals surface area contributed by atoms with Gasteiger partial charge < -0.3 is 4.74 Å². The van der Waals surface area contributed by atoms with Crippen molar-refractivity contribution >= 4 is 0 Å². The molecule has 0 aromatic heterocycles. The normalized spacial score (nSPS) is 24.0. The third-order valence-corrected chi connectivity index (χ3v) is 3.25. The van der Waals surface area contributed by atoms with Crippen LogP contribution in [0.1, 0.15) is 58.3 Å². The number of hydrazine groups is 1. The van der Waals surface area contributed by atoms with Gasteiger partial charge in [-0.05, 0) is 25.7 Å². The van der Waals surface area contributed by atoms with Crippen LogP contribution in [0.4, 0.5) is 0 Å². The van der Waals surface area contributed by atoms with Crippen LogP contribution in [0.2, 0.25) is 0 Å². The molecule has 0 bridgehead atoms. The van der Waals surface area contributed by atoms with Crippen molar-refractivity contribution in [2.75, 3.05) is 6.61 Å². The molecule has 1 rings (SSSR count). The average molecular weight is 214 g/mol. The van der Waals surface area contributed by atoms with E-state index in [1.165, 1.54) is 44.9 Å². The predicted octanol–water partition coefficient (Wildman–Crippen LogP) is 2.36. The minimum Gasteiger partial charge on any atom is -0.377 e. The van der Waals surface area contributed by atoms with Crippen LogP contribution in [0, 0.1) is 0 Å². The zero-order valence-corrected chi connectivity index (χ0v) is 10.0. The van der Waals surface area contributed by atoms with E-state index in [0.717, 1.165) is 13.0 Å². The minimum absolute atomic E-state index is 0.352. The Kier molecular flexibility index (Phi) is 6.98. The highest BCUT2D eigenvalue weighted by atomic mass is 16.5. The van der Waals surface area contributed by atoms with Gasteiger partial charge in [-0.15, -0.1) is 0 Å². The molecule has 0 radical (unpaired) electrons. The molecule has 3 heteroatoms. The maximum absolute atomic E-state index is 5.75. The summed E-state index contributed by atoms with van der Waals surface area (Å²) in [4.78, 5) is 0. The van der Waals surface area contributed by atoms with E-state index in [4.69, 9.17) is 10.6 Å². The van der Waals surface area contributed by atoms with E-state index in [2.05, 4.69) is 12.3 Å². The lowest BCUT2D eigenvalue weighted by Crippen LogP contribution is -2.46. The van der Waals surface area contributed by atoms with Crippen LogP contribution in [0.5, 0.6) is 0 Å². The molecule has 2 unspecified atom stereocenters. The number of nitrogens with two attached hydrogens (primary N) is 1. The van der Waals surface area contributed by atoms with E-state index in [1.807, 2.05) is 0 Å². The summed E-state index contributed by atoms with van der Waals surface area (Å²) in [5.74, 6) is 5.59. The second-order valence-electron chi connectivity index (χ2n) is 4.53.